The highest BCUT2D eigenvalue weighted by molar-refractivity contribution is 7.99. The molecule has 0 unspecified atom stereocenters. The maximum absolute atomic E-state index is 12.0. The molecule has 0 radical (unpaired) electrons. The number of imide groups is 1. The fourth-order valence-electron chi connectivity index (χ4n) is 1.93. The molecule has 1 aliphatic rings. The van der Waals surface area contributed by atoms with Crippen LogP contribution in [0.1, 0.15) is 26.4 Å². The summed E-state index contributed by atoms with van der Waals surface area (Å²) in [5.41, 5.74) is 3.09. The van der Waals surface area contributed by atoms with Crippen LogP contribution in [0.3, 0.4) is 0 Å². The molecule has 0 N–H and O–H groups in total. The summed E-state index contributed by atoms with van der Waals surface area (Å²) in [6, 6.07) is 6.36. The minimum Gasteiger partial charge on any atom is -0.329 e. The number of hydroxylamine groups is 2. The Morgan fingerprint density at radius 2 is 1.91 bits per heavy atom. The summed E-state index contributed by atoms with van der Waals surface area (Å²) >= 11 is 2.79. The van der Waals surface area contributed by atoms with Gasteiger partial charge in [-0.1, -0.05) is 17.2 Å². The molecule has 112 valence electrons. The molecular weight excluding hydrogens is 324 g/mol. The van der Waals surface area contributed by atoms with Crippen molar-refractivity contribution in [3.05, 3.63) is 52.0 Å². The third-order valence-electron chi connectivity index (χ3n) is 2.90. The number of nitrogens with zero attached hydrogens (tertiary/aromatic N) is 2. The van der Waals surface area contributed by atoms with Gasteiger partial charge >= 0.3 is 5.97 Å². The lowest BCUT2D eigenvalue weighted by molar-refractivity contribution is -0.165. The maximum Gasteiger partial charge on any atom is 0.343 e. The van der Waals surface area contributed by atoms with Crippen LogP contribution in [0.25, 0.3) is 0 Å². The molecule has 1 aromatic carbocycles. The fraction of sp³-hybridized carbons (Fsp3) is 0.143. The molecule has 0 bridgehead atoms. The van der Waals surface area contributed by atoms with Gasteiger partial charge in [0.05, 0.1) is 28.1 Å². The number of thioether (sulfide) groups is 1. The van der Waals surface area contributed by atoms with Crippen molar-refractivity contribution in [2.24, 2.45) is 0 Å². The maximum atomic E-state index is 12.0. The smallest absolute Gasteiger partial charge is 0.329 e. The van der Waals surface area contributed by atoms with Crippen molar-refractivity contribution in [2.75, 3.05) is 5.75 Å². The van der Waals surface area contributed by atoms with E-state index in [1.54, 1.807) is 17.6 Å². The second-order valence-corrected chi connectivity index (χ2v) is 6.09. The number of carbonyl (C=O) groups is 3. The summed E-state index contributed by atoms with van der Waals surface area (Å²) in [4.78, 5) is 44.8. The number of amides is 2. The van der Waals surface area contributed by atoms with Crippen molar-refractivity contribution in [1.29, 1.82) is 0 Å². The van der Waals surface area contributed by atoms with E-state index in [-0.39, 0.29) is 16.9 Å². The highest BCUT2D eigenvalue weighted by atomic mass is 32.2. The Morgan fingerprint density at radius 1 is 1.23 bits per heavy atom. The van der Waals surface area contributed by atoms with Gasteiger partial charge in [0, 0.05) is 11.1 Å². The molecule has 0 saturated carbocycles. The van der Waals surface area contributed by atoms with Gasteiger partial charge in [0.25, 0.3) is 11.8 Å². The largest absolute Gasteiger partial charge is 0.343 e. The van der Waals surface area contributed by atoms with E-state index in [0.717, 1.165) is 5.69 Å². The molecule has 0 atom stereocenters. The highest BCUT2D eigenvalue weighted by Gasteiger charge is 2.38. The molecule has 1 aromatic heterocycles. The van der Waals surface area contributed by atoms with Gasteiger partial charge in [-0.3, -0.25) is 9.59 Å². The Balaban J connectivity index is 1.56. The molecule has 2 amide bonds. The van der Waals surface area contributed by atoms with Crippen LogP contribution in [0.4, 0.5) is 0 Å². The lowest BCUT2D eigenvalue weighted by atomic mass is 10.1. The van der Waals surface area contributed by atoms with Crippen LogP contribution in [0.5, 0.6) is 0 Å². The Bertz CT molecular complexity index is 695. The predicted octanol–water partition coefficient (Wildman–Crippen LogP) is 2.13. The van der Waals surface area contributed by atoms with Crippen molar-refractivity contribution in [1.82, 2.24) is 10.0 Å². The quantitative estimate of drug-likeness (QED) is 0.780. The fourth-order valence-corrected chi connectivity index (χ4v) is 3.28. The first-order chi connectivity index (χ1) is 10.7. The molecular formula is C14H10N2O4S2. The molecule has 0 fully saturated rings. The normalized spacial score (nSPS) is 13.4. The van der Waals surface area contributed by atoms with Crippen molar-refractivity contribution in [3.8, 4) is 0 Å². The van der Waals surface area contributed by atoms with Gasteiger partial charge < -0.3 is 4.84 Å². The van der Waals surface area contributed by atoms with Crippen molar-refractivity contribution in [2.45, 2.75) is 5.75 Å². The first kappa shape index (κ1) is 14.7. The molecule has 1 aliphatic heterocycles. The SMILES string of the molecule is O=C(CSCc1cscn1)ON1C(=O)c2ccccc2C1=O. The molecule has 6 nitrogen and oxygen atoms in total. The van der Waals surface area contributed by atoms with Gasteiger partial charge in [-0.25, -0.2) is 9.78 Å². The van der Waals surface area contributed by atoms with Crippen LogP contribution >= 0.6 is 23.1 Å². The summed E-state index contributed by atoms with van der Waals surface area (Å²) in [7, 11) is 0. The summed E-state index contributed by atoms with van der Waals surface area (Å²) in [5, 5.41) is 2.42. The third kappa shape index (κ3) is 2.88. The Kier molecular flexibility index (Phi) is 4.21. The zero-order chi connectivity index (χ0) is 15.5. The molecule has 8 heteroatoms. The molecule has 0 aliphatic carbocycles. The number of hydrogen-bond donors (Lipinski definition) is 0. The van der Waals surface area contributed by atoms with E-state index in [4.69, 9.17) is 4.84 Å². The van der Waals surface area contributed by atoms with Gasteiger partial charge in [0.1, 0.15) is 0 Å². The van der Waals surface area contributed by atoms with Crippen LogP contribution in [0.15, 0.2) is 35.2 Å². The van der Waals surface area contributed by atoms with E-state index >= 15 is 0 Å². The lowest BCUT2D eigenvalue weighted by Gasteiger charge is -2.12. The van der Waals surface area contributed by atoms with Crippen LogP contribution in [-0.2, 0) is 15.4 Å². The number of hydrogen-bond acceptors (Lipinski definition) is 7. The van der Waals surface area contributed by atoms with Crippen molar-refractivity contribution >= 4 is 40.9 Å². The molecule has 2 aromatic rings. The van der Waals surface area contributed by atoms with E-state index in [2.05, 4.69) is 4.98 Å². The minimum atomic E-state index is -0.644. The standard InChI is InChI=1S/C14H10N2O4S2/c17-12(7-21-5-9-6-22-8-15-9)20-16-13(18)10-3-1-2-4-11(10)14(16)19/h1-4,6,8H,5,7H2. The van der Waals surface area contributed by atoms with E-state index in [9.17, 15) is 14.4 Å². The Morgan fingerprint density at radius 3 is 2.50 bits per heavy atom. The van der Waals surface area contributed by atoms with Crippen LogP contribution in [0, 0.1) is 0 Å². The van der Waals surface area contributed by atoms with Crippen molar-refractivity contribution in [3.63, 3.8) is 0 Å². The number of benzene rings is 1. The van der Waals surface area contributed by atoms with E-state index < -0.39 is 17.8 Å². The second-order valence-electron chi connectivity index (χ2n) is 4.39. The topological polar surface area (TPSA) is 76.6 Å². The number of thiazole rings is 1. The molecule has 2 heterocycles. The average molecular weight is 334 g/mol. The van der Waals surface area contributed by atoms with E-state index in [1.807, 2.05) is 5.38 Å². The van der Waals surface area contributed by atoms with Gasteiger partial charge in [-0.2, -0.15) is 0 Å². The molecule has 0 saturated heterocycles. The first-order valence-electron chi connectivity index (χ1n) is 6.30. The van der Waals surface area contributed by atoms with Gasteiger partial charge in [-0.05, 0) is 12.1 Å². The Hall–Kier alpha value is -2.19. The highest BCUT2D eigenvalue weighted by Crippen LogP contribution is 2.23. The van der Waals surface area contributed by atoms with Gasteiger partial charge in [-0.15, -0.1) is 23.1 Å². The van der Waals surface area contributed by atoms with Gasteiger partial charge in [0.2, 0.25) is 0 Å². The zero-order valence-electron chi connectivity index (χ0n) is 11.2. The average Bonchev–Trinajstić information content (AvgIpc) is 3.11. The molecule has 0 spiro atoms. The van der Waals surface area contributed by atoms with Crippen LogP contribution in [0.2, 0.25) is 0 Å². The summed E-state index contributed by atoms with van der Waals surface area (Å²) in [5.74, 6) is -1.27. The van der Waals surface area contributed by atoms with Gasteiger partial charge in [0.15, 0.2) is 0 Å². The summed E-state index contributed by atoms with van der Waals surface area (Å²) < 4.78 is 0. The monoisotopic (exact) mass is 334 g/mol. The van der Waals surface area contributed by atoms with E-state index in [0.29, 0.717) is 10.8 Å². The van der Waals surface area contributed by atoms with Crippen molar-refractivity contribution < 1.29 is 19.2 Å². The molecule has 3 rings (SSSR count). The molecule has 22 heavy (non-hydrogen) atoms. The number of aromatic nitrogens is 1. The van der Waals surface area contributed by atoms with Crippen LogP contribution in [-0.4, -0.2) is 33.6 Å². The predicted molar refractivity (Wildman–Crippen MR) is 81.3 cm³/mol. The summed E-state index contributed by atoms with van der Waals surface area (Å²) in [6.07, 6.45) is 0. The number of carbonyl (C=O) groups excluding carboxylic acids is 3. The number of fused-ring (bicyclic) bond motifs is 1. The Labute approximate surface area is 134 Å². The first-order valence-corrected chi connectivity index (χ1v) is 8.40. The number of rotatable bonds is 5. The zero-order valence-corrected chi connectivity index (χ0v) is 12.9. The van der Waals surface area contributed by atoms with Crippen LogP contribution < -0.4 is 0 Å². The third-order valence-corrected chi connectivity index (χ3v) is 4.48. The minimum absolute atomic E-state index is 0.0327. The summed E-state index contributed by atoms with van der Waals surface area (Å²) in [6.45, 7) is 0. The van der Waals surface area contributed by atoms with E-state index in [1.165, 1.54) is 35.2 Å². The lowest BCUT2D eigenvalue weighted by Crippen LogP contribution is -2.33. The second kappa shape index (κ2) is 6.29.